The predicted molar refractivity (Wildman–Crippen MR) is 87.2 cm³/mol. The zero-order valence-corrected chi connectivity index (χ0v) is 13.7. The fourth-order valence-electron chi connectivity index (χ4n) is 2.26. The van der Waals surface area contributed by atoms with Crippen molar-refractivity contribution in [1.82, 2.24) is 4.98 Å². The lowest BCUT2D eigenvalue weighted by Gasteiger charge is -2.11. The number of nitrogens with zero attached hydrogens (tertiary/aromatic N) is 1. The van der Waals surface area contributed by atoms with Crippen LogP contribution in [0.15, 0.2) is 24.3 Å². The third kappa shape index (κ3) is 4.20. The topological polar surface area (TPSA) is 48.4 Å². The van der Waals surface area contributed by atoms with E-state index in [1.807, 2.05) is 24.3 Å². The molecule has 2 rings (SSSR count). The predicted octanol–water partition coefficient (Wildman–Crippen LogP) is 3.68. The number of aromatic nitrogens is 1. The fourth-order valence-corrected chi connectivity index (χ4v) is 2.26. The van der Waals surface area contributed by atoms with Gasteiger partial charge in [-0.1, -0.05) is 13.8 Å². The molecule has 118 valence electrons. The van der Waals surface area contributed by atoms with Gasteiger partial charge in [0.25, 0.3) is 0 Å². The van der Waals surface area contributed by atoms with E-state index in [1.165, 1.54) is 7.11 Å². The second-order valence-corrected chi connectivity index (χ2v) is 5.89. The Hall–Kier alpha value is -2.10. The molecule has 0 bridgehead atoms. The van der Waals surface area contributed by atoms with Gasteiger partial charge >= 0.3 is 5.97 Å². The first-order valence-electron chi connectivity index (χ1n) is 7.59. The Bertz CT molecular complexity index is 665. The van der Waals surface area contributed by atoms with E-state index in [-0.39, 0.29) is 5.97 Å². The standard InChI is InChI=1S/C18H23NO3/c1-12(2)11-22-15-6-7-17-16(10-15)13(3)9-14(19-17)5-8-18(20)21-4/h6-7,9-10,12H,5,8,11H2,1-4H3. The highest BCUT2D eigenvalue weighted by Crippen LogP contribution is 2.24. The van der Waals surface area contributed by atoms with Gasteiger partial charge < -0.3 is 9.47 Å². The SMILES string of the molecule is COC(=O)CCc1cc(C)c2cc(OCC(C)C)ccc2n1. The monoisotopic (exact) mass is 301 g/mol. The van der Waals surface area contributed by atoms with Crippen molar-refractivity contribution in [2.75, 3.05) is 13.7 Å². The third-order valence-electron chi connectivity index (χ3n) is 3.44. The minimum Gasteiger partial charge on any atom is -0.493 e. The zero-order valence-electron chi connectivity index (χ0n) is 13.7. The van der Waals surface area contributed by atoms with Crippen LogP contribution in [-0.2, 0) is 16.0 Å². The molecule has 22 heavy (non-hydrogen) atoms. The highest BCUT2D eigenvalue weighted by atomic mass is 16.5. The number of carbonyl (C=O) groups excluding carboxylic acids is 1. The van der Waals surface area contributed by atoms with E-state index >= 15 is 0 Å². The van der Waals surface area contributed by atoms with E-state index in [0.717, 1.165) is 27.9 Å². The Kier molecular flexibility index (Phi) is 5.36. The normalized spacial score (nSPS) is 11.0. The van der Waals surface area contributed by atoms with Gasteiger partial charge in [-0.25, -0.2) is 0 Å². The van der Waals surface area contributed by atoms with Crippen molar-refractivity contribution < 1.29 is 14.3 Å². The third-order valence-corrected chi connectivity index (χ3v) is 3.44. The number of carbonyl (C=O) groups is 1. The van der Waals surface area contributed by atoms with Crippen molar-refractivity contribution in [3.05, 3.63) is 35.5 Å². The highest BCUT2D eigenvalue weighted by Gasteiger charge is 2.07. The molecule has 0 saturated heterocycles. The van der Waals surface area contributed by atoms with E-state index in [0.29, 0.717) is 25.4 Å². The molecule has 0 aliphatic rings. The van der Waals surface area contributed by atoms with Crippen molar-refractivity contribution in [2.24, 2.45) is 5.92 Å². The number of esters is 1. The van der Waals surface area contributed by atoms with Crippen molar-refractivity contribution >= 4 is 16.9 Å². The molecule has 0 amide bonds. The minimum atomic E-state index is -0.211. The molecule has 0 unspecified atom stereocenters. The van der Waals surface area contributed by atoms with E-state index in [4.69, 9.17) is 4.74 Å². The van der Waals surface area contributed by atoms with Crippen LogP contribution in [0.25, 0.3) is 10.9 Å². The molecule has 0 aliphatic carbocycles. The van der Waals surface area contributed by atoms with E-state index in [1.54, 1.807) is 0 Å². The molecule has 4 nitrogen and oxygen atoms in total. The highest BCUT2D eigenvalue weighted by molar-refractivity contribution is 5.83. The Labute approximate surface area is 131 Å². The first-order valence-corrected chi connectivity index (χ1v) is 7.59. The van der Waals surface area contributed by atoms with Gasteiger partial charge in [0.1, 0.15) is 5.75 Å². The smallest absolute Gasteiger partial charge is 0.305 e. The van der Waals surface area contributed by atoms with Crippen molar-refractivity contribution in [3.63, 3.8) is 0 Å². The van der Waals surface area contributed by atoms with E-state index in [9.17, 15) is 4.79 Å². The summed E-state index contributed by atoms with van der Waals surface area (Å²) in [5, 5.41) is 1.09. The van der Waals surface area contributed by atoms with Crippen LogP contribution in [0.3, 0.4) is 0 Å². The van der Waals surface area contributed by atoms with Gasteiger partial charge in [0.2, 0.25) is 0 Å². The van der Waals surface area contributed by atoms with Crippen LogP contribution in [0.4, 0.5) is 0 Å². The number of methoxy groups -OCH3 is 1. The molecular formula is C18H23NO3. The molecule has 2 aromatic rings. The number of aryl methyl sites for hydroxylation is 2. The quantitative estimate of drug-likeness (QED) is 0.764. The van der Waals surface area contributed by atoms with Crippen LogP contribution in [-0.4, -0.2) is 24.7 Å². The number of hydrogen-bond acceptors (Lipinski definition) is 4. The van der Waals surface area contributed by atoms with Crippen molar-refractivity contribution in [2.45, 2.75) is 33.6 Å². The molecule has 0 aliphatic heterocycles. The number of pyridine rings is 1. The maximum atomic E-state index is 11.2. The van der Waals surface area contributed by atoms with Gasteiger partial charge in [0.05, 0.1) is 25.7 Å². The van der Waals surface area contributed by atoms with Gasteiger partial charge in [-0.3, -0.25) is 9.78 Å². The lowest BCUT2D eigenvalue weighted by atomic mass is 10.1. The summed E-state index contributed by atoms with van der Waals surface area (Å²) in [7, 11) is 1.40. The Morgan fingerprint density at radius 3 is 2.73 bits per heavy atom. The van der Waals surface area contributed by atoms with Crippen LogP contribution in [0, 0.1) is 12.8 Å². The summed E-state index contributed by atoms with van der Waals surface area (Å²) in [6, 6.07) is 7.97. The summed E-state index contributed by atoms with van der Waals surface area (Å²) >= 11 is 0. The van der Waals surface area contributed by atoms with Gasteiger partial charge in [-0.15, -0.1) is 0 Å². The maximum absolute atomic E-state index is 11.2. The van der Waals surface area contributed by atoms with Crippen LogP contribution < -0.4 is 4.74 Å². The largest absolute Gasteiger partial charge is 0.493 e. The lowest BCUT2D eigenvalue weighted by Crippen LogP contribution is -2.05. The van der Waals surface area contributed by atoms with Gasteiger partial charge in [-0.2, -0.15) is 0 Å². The van der Waals surface area contributed by atoms with Gasteiger partial charge in [0, 0.05) is 17.5 Å². The lowest BCUT2D eigenvalue weighted by molar-refractivity contribution is -0.140. The molecule has 1 aromatic carbocycles. The van der Waals surface area contributed by atoms with Crippen LogP contribution in [0.2, 0.25) is 0 Å². The maximum Gasteiger partial charge on any atom is 0.305 e. The summed E-state index contributed by atoms with van der Waals surface area (Å²) in [6.07, 6.45) is 0.944. The minimum absolute atomic E-state index is 0.211. The average Bonchev–Trinajstić information content (AvgIpc) is 2.50. The van der Waals surface area contributed by atoms with E-state index in [2.05, 4.69) is 30.5 Å². The molecule has 1 heterocycles. The first-order chi connectivity index (χ1) is 10.5. The molecule has 0 radical (unpaired) electrons. The van der Waals surface area contributed by atoms with Gasteiger partial charge in [-0.05, 0) is 42.7 Å². The summed E-state index contributed by atoms with van der Waals surface area (Å²) in [5.41, 5.74) is 2.97. The van der Waals surface area contributed by atoms with Crippen LogP contribution >= 0.6 is 0 Å². The Balaban J connectivity index is 2.21. The summed E-state index contributed by atoms with van der Waals surface area (Å²) in [4.78, 5) is 15.9. The number of hydrogen-bond donors (Lipinski definition) is 0. The second kappa shape index (κ2) is 7.25. The summed E-state index contributed by atoms with van der Waals surface area (Å²) in [5.74, 6) is 1.15. The van der Waals surface area contributed by atoms with Gasteiger partial charge in [0.15, 0.2) is 0 Å². The summed E-state index contributed by atoms with van der Waals surface area (Å²) < 4.78 is 10.4. The molecule has 0 atom stereocenters. The Morgan fingerprint density at radius 1 is 1.27 bits per heavy atom. The summed E-state index contributed by atoms with van der Waals surface area (Å²) in [6.45, 7) is 7.01. The zero-order chi connectivity index (χ0) is 16.1. The van der Waals surface area contributed by atoms with Crippen LogP contribution in [0.1, 0.15) is 31.5 Å². The molecule has 0 saturated carbocycles. The number of rotatable bonds is 6. The molecule has 1 aromatic heterocycles. The molecule has 0 N–H and O–H groups in total. The molecule has 0 fully saturated rings. The van der Waals surface area contributed by atoms with Crippen molar-refractivity contribution in [3.8, 4) is 5.75 Å². The van der Waals surface area contributed by atoms with Crippen LogP contribution in [0.5, 0.6) is 5.75 Å². The molecule has 4 heteroatoms. The van der Waals surface area contributed by atoms with Crippen molar-refractivity contribution in [1.29, 1.82) is 0 Å². The molecular weight excluding hydrogens is 278 g/mol. The average molecular weight is 301 g/mol. The number of fused-ring (bicyclic) bond motifs is 1. The number of ether oxygens (including phenoxy) is 2. The molecule has 0 spiro atoms. The second-order valence-electron chi connectivity index (χ2n) is 5.89. The fraction of sp³-hybridized carbons (Fsp3) is 0.444. The Morgan fingerprint density at radius 2 is 2.05 bits per heavy atom. The van der Waals surface area contributed by atoms with E-state index < -0.39 is 0 Å². The number of benzene rings is 1. The first kappa shape index (κ1) is 16.3.